The van der Waals surface area contributed by atoms with Crippen LogP contribution in [0.4, 0.5) is 14.9 Å². The van der Waals surface area contributed by atoms with E-state index in [2.05, 4.69) is 5.32 Å². The second kappa shape index (κ2) is 6.11. The minimum atomic E-state index is -1.20. The topological polar surface area (TPSA) is 69.6 Å². The van der Waals surface area contributed by atoms with Gasteiger partial charge in [0.05, 0.1) is 11.3 Å². The first-order valence-electron chi connectivity index (χ1n) is 7.06. The number of anilines is 1. The van der Waals surface area contributed by atoms with Crippen LogP contribution in [-0.4, -0.2) is 34.1 Å². The lowest BCUT2D eigenvalue weighted by atomic mass is 10.1. The molecule has 114 valence electrons. The Morgan fingerprint density at radius 1 is 1.43 bits per heavy atom. The number of amides is 2. The van der Waals surface area contributed by atoms with Gasteiger partial charge in [0.1, 0.15) is 5.82 Å². The Balaban J connectivity index is 2.14. The molecule has 5 nitrogen and oxygen atoms in total. The quantitative estimate of drug-likeness (QED) is 0.898. The molecule has 0 aliphatic carbocycles. The number of carbonyl (C=O) groups excluding carboxylic acids is 1. The number of likely N-dealkylation sites (tertiary alicyclic amines) is 1. The number of carbonyl (C=O) groups is 2. The summed E-state index contributed by atoms with van der Waals surface area (Å²) < 4.78 is 13.8. The lowest BCUT2D eigenvalue weighted by Crippen LogP contribution is -2.42. The monoisotopic (exact) mass is 294 g/mol. The van der Waals surface area contributed by atoms with E-state index in [1.165, 1.54) is 12.1 Å². The number of halogens is 1. The SMILES string of the molecule is CCC1CCC(C)N1C(=O)Nc1ccc(C(=O)O)cc1F. The maximum atomic E-state index is 13.8. The molecule has 21 heavy (non-hydrogen) atoms. The van der Waals surface area contributed by atoms with E-state index in [4.69, 9.17) is 5.11 Å². The van der Waals surface area contributed by atoms with Crippen molar-refractivity contribution in [2.24, 2.45) is 0 Å². The van der Waals surface area contributed by atoms with Crippen molar-refractivity contribution in [3.8, 4) is 0 Å². The molecule has 1 fully saturated rings. The summed E-state index contributed by atoms with van der Waals surface area (Å²) in [6.07, 6.45) is 2.75. The fourth-order valence-electron chi connectivity index (χ4n) is 2.77. The van der Waals surface area contributed by atoms with Crippen molar-refractivity contribution in [1.82, 2.24) is 4.90 Å². The van der Waals surface area contributed by atoms with Gasteiger partial charge >= 0.3 is 12.0 Å². The predicted molar refractivity (Wildman–Crippen MR) is 77.0 cm³/mol. The number of urea groups is 1. The van der Waals surface area contributed by atoms with Gasteiger partial charge in [-0.2, -0.15) is 0 Å². The van der Waals surface area contributed by atoms with Crippen LogP contribution in [0.1, 0.15) is 43.5 Å². The fraction of sp³-hybridized carbons (Fsp3) is 0.467. The second-order valence-electron chi connectivity index (χ2n) is 5.33. The van der Waals surface area contributed by atoms with E-state index in [0.29, 0.717) is 0 Å². The van der Waals surface area contributed by atoms with Crippen LogP contribution < -0.4 is 5.32 Å². The Morgan fingerprint density at radius 2 is 2.14 bits per heavy atom. The first kappa shape index (κ1) is 15.3. The van der Waals surface area contributed by atoms with E-state index < -0.39 is 11.8 Å². The molecule has 0 radical (unpaired) electrons. The highest BCUT2D eigenvalue weighted by Gasteiger charge is 2.33. The van der Waals surface area contributed by atoms with Crippen molar-refractivity contribution in [2.45, 2.75) is 45.2 Å². The number of rotatable bonds is 3. The van der Waals surface area contributed by atoms with Crippen molar-refractivity contribution in [2.75, 3.05) is 5.32 Å². The number of nitrogens with one attached hydrogen (secondary N) is 1. The Kier molecular flexibility index (Phi) is 4.45. The molecule has 0 saturated carbocycles. The number of carboxylic acids is 1. The summed E-state index contributed by atoms with van der Waals surface area (Å²) in [7, 11) is 0. The molecule has 2 amide bonds. The minimum absolute atomic E-state index is 0.000969. The van der Waals surface area contributed by atoms with Crippen LogP contribution in [-0.2, 0) is 0 Å². The lowest BCUT2D eigenvalue weighted by Gasteiger charge is -2.28. The van der Waals surface area contributed by atoms with Gasteiger partial charge in [-0.05, 0) is 44.4 Å². The van der Waals surface area contributed by atoms with Crippen molar-refractivity contribution in [3.05, 3.63) is 29.6 Å². The summed E-state index contributed by atoms with van der Waals surface area (Å²) in [6.45, 7) is 3.99. The number of carboxylic acid groups (broad SMARTS) is 1. The highest BCUT2D eigenvalue weighted by atomic mass is 19.1. The van der Waals surface area contributed by atoms with Crippen LogP contribution in [0.25, 0.3) is 0 Å². The van der Waals surface area contributed by atoms with Gasteiger partial charge < -0.3 is 15.3 Å². The van der Waals surface area contributed by atoms with Crippen LogP contribution in [0.3, 0.4) is 0 Å². The summed E-state index contributed by atoms with van der Waals surface area (Å²) in [4.78, 5) is 24.8. The number of nitrogens with zero attached hydrogens (tertiary/aromatic N) is 1. The molecule has 2 unspecified atom stereocenters. The lowest BCUT2D eigenvalue weighted by molar-refractivity contribution is 0.0696. The zero-order valence-corrected chi connectivity index (χ0v) is 12.1. The summed E-state index contributed by atoms with van der Waals surface area (Å²) in [5.41, 5.74) is -0.148. The van der Waals surface area contributed by atoms with Crippen molar-refractivity contribution >= 4 is 17.7 Å². The summed E-state index contributed by atoms with van der Waals surface area (Å²) in [6, 6.07) is 3.40. The Hall–Kier alpha value is -2.11. The molecule has 2 atom stereocenters. The number of aromatic carboxylic acids is 1. The largest absolute Gasteiger partial charge is 0.478 e. The van der Waals surface area contributed by atoms with Gasteiger partial charge in [-0.3, -0.25) is 0 Å². The minimum Gasteiger partial charge on any atom is -0.478 e. The van der Waals surface area contributed by atoms with Gasteiger partial charge in [-0.25, -0.2) is 14.0 Å². The van der Waals surface area contributed by atoms with Crippen LogP contribution in [0, 0.1) is 5.82 Å². The van der Waals surface area contributed by atoms with Gasteiger partial charge in [0, 0.05) is 12.1 Å². The van der Waals surface area contributed by atoms with Gasteiger partial charge in [0.25, 0.3) is 0 Å². The van der Waals surface area contributed by atoms with Crippen LogP contribution in [0.15, 0.2) is 18.2 Å². The highest BCUT2D eigenvalue weighted by Crippen LogP contribution is 2.27. The number of hydrogen-bond acceptors (Lipinski definition) is 2. The highest BCUT2D eigenvalue weighted by molar-refractivity contribution is 5.92. The van der Waals surface area contributed by atoms with Crippen LogP contribution in [0.5, 0.6) is 0 Å². The standard InChI is InChI=1S/C15H19FN2O3/c1-3-11-6-4-9(2)18(11)15(21)17-13-7-5-10(14(19)20)8-12(13)16/h5,7-9,11H,3-4,6H2,1-2H3,(H,17,21)(H,19,20). The Bertz CT molecular complexity index is 562. The zero-order chi connectivity index (χ0) is 15.6. The van der Waals surface area contributed by atoms with Crippen LogP contribution in [0.2, 0.25) is 0 Å². The third-order valence-corrected chi connectivity index (χ3v) is 3.95. The van der Waals surface area contributed by atoms with E-state index >= 15 is 0 Å². The average molecular weight is 294 g/mol. The molecular weight excluding hydrogens is 275 g/mol. The molecule has 0 aromatic heterocycles. The van der Waals surface area contributed by atoms with E-state index in [-0.39, 0.29) is 29.4 Å². The molecule has 1 heterocycles. The van der Waals surface area contributed by atoms with Gasteiger partial charge in [-0.1, -0.05) is 6.92 Å². The van der Waals surface area contributed by atoms with E-state index in [9.17, 15) is 14.0 Å². The maximum Gasteiger partial charge on any atom is 0.335 e. The fourth-order valence-corrected chi connectivity index (χ4v) is 2.77. The molecule has 1 aliphatic heterocycles. The molecule has 1 aliphatic rings. The third-order valence-electron chi connectivity index (χ3n) is 3.95. The van der Waals surface area contributed by atoms with Crippen LogP contribution >= 0.6 is 0 Å². The van der Waals surface area contributed by atoms with E-state index in [1.54, 1.807) is 4.90 Å². The van der Waals surface area contributed by atoms with Crippen molar-refractivity contribution < 1.29 is 19.1 Å². The summed E-state index contributed by atoms with van der Waals surface area (Å²) in [5.74, 6) is -1.95. The maximum absolute atomic E-state index is 13.8. The third kappa shape index (κ3) is 3.15. The first-order valence-corrected chi connectivity index (χ1v) is 7.06. The van der Waals surface area contributed by atoms with Gasteiger partial charge in [0.2, 0.25) is 0 Å². The Labute approximate surface area is 122 Å². The molecule has 1 saturated heterocycles. The molecule has 0 spiro atoms. The molecule has 2 rings (SSSR count). The predicted octanol–water partition coefficient (Wildman–Crippen LogP) is 3.32. The second-order valence-corrected chi connectivity index (χ2v) is 5.33. The number of hydrogen-bond donors (Lipinski definition) is 2. The molecule has 2 N–H and O–H groups in total. The molecule has 0 bridgehead atoms. The Morgan fingerprint density at radius 3 is 2.71 bits per heavy atom. The smallest absolute Gasteiger partial charge is 0.335 e. The van der Waals surface area contributed by atoms with Crippen molar-refractivity contribution in [3.63, 3.8) is 0 Å². The average Bonchev–Trinajstić information content (AvgIpc) is 2.81. The summed E-state index contributed by atoms with van der Waals surface area (Å²) in [5, 5.41) is 11.3. The summed E-state index contributed by atoms with van der Waals surface area (Å²) >= 11 is 0. The van der Waals surface area contributed by atoms with Gasteiger partial charge in [-0.15, -0.1) is 0 Å². The normalized spacial score (nSPS) is 21.4. The van der Waals surface area contributed by atoms with Crippen molar-refractivity contribution in [1.29, 1.82) is 0 Å². The molecule has 6 heteroatoms. The zero-order valence-electron chi connectivity index (χ0n) is 12.1. The van der Waals surface area contributed by atoms with E-state index in [0.717, 1.165) is 25.3 Å². The number of benzene rings is 1. The molecular formula is C15H19FN2O3. The molecule has 1 aromatic rings. The van der Waals surface area contributed by atoms with E-state index in [1.807, 2.05) is 13.8 Å². The molecule has 1 aromatic carbocycles. The van der Waals surface area contributed by atoms with Gasteiger partial charge in [0.15, 0.2) is 0 Å². The first-order chi connectivity index (χ1) is 9.93.